The molecule has 0 radical (unpaired) electrons. The van der Waals surface area contributed by atoms with Crippen LogP contribution in [0.15, 0.2) is 65.2 Å². The van der Waals surface area contributed by atoms with Gasteiger partial charge in [-0.2, -0.15) is 4.98 Å². The molecule has 2 heterocycles. The first kappa shape index (κ1) is 23.4. The predicted molar refractivity (Wildman–Crippen MR) is 130 cm³/mol. The first-order valence-corrected chi connectivity index (χ1v) is 12.3. The Morgan fingerprint density at radius 2 is 1.80 bits per heavy atom. The van der Waals surface area contributed by atoms with Gasteiger partial charge in [0.1, 0.15) is 5.82 Å². The van der Waals surface area contributed by atoms with E-state index in [0.717, 1.165) is 36.1 Å². The van der Waals surface area contributed by atoms with Gasteiger partial charge in [-0.1, -0.05) is 73.0 Å². The number of allylic oxidation sites excluding steroid dienone is 2. The van der Waals surface area contributed by atoms with E-state index in [-0.39, 0.29) is 17.2 Å². The van der Waals surface area contributed by atoms with Gasteiger partial charge in [0.25, 0.3) is 0 Å². The van der Waals surface area contributed by atoms with Crippen molar-refractivity contribution in [1.82, 2.24) is 15.0 Å². The van der Waals surface area contributed by atoms with Crippen molar-refractivity contribution in [1.29, 1.82) is 0 Å². The smallest absolute Gasteiger partial charge is 0.309 e. The third kappa shape index (κ3) is 5.35. The molecule has 1 saturated heterocycles. The molecule has 35 heavy (non-hydrogen) atoms. The first-order valence-electron chi connectivity index (χ1n) is 12.3. The van der Waals surface area contributed by atoms with Crippen molar-refractivity contribution in [2.75, 3.05) is 13.1 Å². The first-order chi connectivity index (χ1) is 17.0. The summed E-state index contributed by atoms with van der Waals surface area (Å²) in [5.74, 6) is -0.0533. The van der Waals surface area contributed by atoms with Crippen LogP contribution in [-0.2, 0) is 23.2 Å². The molecule has 182 valence electrons. The monoisotopic (exact) mass is 475 g/mol. The molecule has 0 unspecified atom stereocenters. The highest BCUT2D eigenvalue weighted by molar-refractivity contribution is 5.71. The second-order valence-electron chi connectivity index (χ2n) is 9.77. The molecule has 3 aromatic rings. The van der Waals surface area contributed by atoms with Gasteiger partial charge in [0, 0.05) is 37.0 Å². The molecule has 0 bridgehead atoms. The Hall–Kier alpha value is -3.32. The van der Waals surface area contributed by atoms with Crippen LogP contribution in [0.2, 0.25) is 0 Å². The Morgan fingerprint density at radius 1 is 1.09 bits per heavy atom. The second-order valence-corrected chi connectivity index (χ2v) is 9.77. The van der Waals surface area contributed by atoms with E-state index >= 15 is 0 Å². The van der Waals surface area contributed by atoms with Crippen LogP contribution < -0.4 is 0 Å². The van der Waals surface area contributed by atoms with Gasteiger partial charge in [0.05, 0.1) is 5.92 Å². The number of aliphatic carboxylic acids is 1. The molecule has 6 nitrogen and oxygen atoms in total. The summed E-state index contributed by atoms with van der Waals surface area (Å²) in [7, 11) is 0. The van der Waals surface area contributed by atoms with E-state index in [1.807, 2.05) is 36.4 Å². The van der Waals surface area contributed by atoms with Crippen LogP contribution in [0.1, 0.15) is 49.1 Å². The van der Waals surface area contributed by atoms with Crippen LogP contribution in [0.4, 0.5) is 4.39 Å². The zero-order valence-electron chi connectivity index (χ0n) is 19.7. The van der Waals surface area contributed by atoms with E-state index in [1.165, 1.54) is 19.3 Å². The van der Waals surface area contributed by atoms with Crippen molar-refractivity contribution < 1.29 is 18.8 Å². The number of hydrogen-bond donors (Lipinski definition) is 1. The summed E-state index contributed by atoms with van der Waals surface area (Å²) in [6, 6.07) is 14.9. The molecular formula is C28H30FN3O3. The third-order valence-corrected chi connectivity index (χ3v) is 7.29. The molecule has 2 fully saturated rings. The Morgan fingerprint density at radius 3 is 2.49 bits per heavy atom. The molecule has 1 aliphatic carbocycles. The predicted octanol–water partition coefficient (Wildman–Crippen LogP) is 5.39. The van der Waals surface area contributed by atoms with Crippen molar-refractivity contribution in [3.8, 4) is 11.4 Å². The third-order valence-electron chi connectivity index (χ3n) is 7.29. The number of aromatic nitrogens is 2. The maximum absolute atomic E-state index is 13.5. The molecule has 0 spiro atoms. The Bertz CT molecular complexity index is 1170. The van der Waals surface area contributed by atoms with Gasteiger partial charge in [0.2, 0.25) is 11.7 Å². The molecule has 5 rings (SSSR count). The summed E-state index contributed by atoms with van der Waals surface area (Å²) in [5, 5.41) is 13.2. The molecular weight excluding hydrogens is 445 g/mol. The molecule has 1 saturated carbocycles. The number of hydrogen-bond acceptors (Lipinski definition) is 5. The zero-order valence-corrected chi connectivity index (χ0v) is 19.7. The normalized spacial score (nSPS) is 18.5. The van der Waals surface area contributed by atoms with E-state index in [2.05, 4.69) is 27.2 Å². The lowest BCUT2D eigenvalue weighted by atomic mass is 9.69. The number of rotatable bonds is 8. The standard InChI is InChI=1S/C28H30FN3O3/c29-24-12-10-23(11-13-24)28(14-2-1-3-15-28)16-4-5-25-30-26(31-35-25)21-8-6-20(7-9-21)17-32-18-22(19-32)27(33)34/h4,6-13,16,22H,1-3,5,14-15,17-19H2,(H,33,34)/b16-4+. The van der Waals surface area contributed by atoms with Crippen LogP contribution in [0, 0.1) is 11.7 Å². The number of halogens is 1. The quantitative estimate of drug-likeness (QED) is 0.440. The number of likely N-dealkylation sites (tertiary alicyclic amines) is 1. The molecule has 1 aliphatic heterocycles. The highest BCUT2D eigenvalue weighted by atomic mass is 19.1. The number of carbonyl (C=O) groups is 1. The van der Waals surface area contributed by atoms with Gasteiger partial charge < -0.3 is 9.63 Å². The summed E-state index contributed by atoms with van der Waals surface area (Å²) in [6.07, 6.45) is 10.6. The molecule has 1 N–H and O–H groups in total. The lowest BCUT2D eigenvalue weighted by molar-refractivity contribution is -0.147. The number of carboxylic acid groups (broad SMARTS) is 1. The highest BCUT2D eigenvalue weighted by Gasteiger charge is 2.32. The molecule has 2 aliphatic rings. The van der Waals surface area contributed by atoms with Crippen molar-refractivity contribution >= 4 is 5.97 Å². The van der Waals surface area contributed by atoms with E-state index < -0.39 is 5.97 Å². The van der Waals surface area contributed by atoms with Gasteiger partial charge in [-0.3, -0.25) is 9.69 Å². The van der Waals surface area contributed by atoms with Crippen LogP contribution >= 0.6 is 0 Å². The average Bonchev–Trinajstić information content (AvgIpc) is 3.31. The average molecular weight is 476 g/mol. The van der Waals surface area contributed by atoms with E-state index in [4.69, 9.17) is 9.63 Å². The van der Waals surface area contributed by atoms with Gasteiger partial charge in [-0.15, -0.1) is 0 Å². The molecule has 0 atom stereocenters. The molecule has 0 amide bonds. The largest absolute Gasteiger partial charge is 0.481 e. The summed E-state index contributed by atoms with van der Waals surface area (Å²) >= 11 is 0. The minimum Gasteiger partial charge on any atom is -0.481 e. The molecule has 7 heteroatoms. The van der Waals surface area contributed by atoms with Gasteiger partial charge >= 0.3 is 5.97 Å². The number of carboxylic acids is 1. The van der Waals surface area contributed by atoms with Crippen LogP contribution in [0.25, 0.3) is 11.4 Å². The maximum Gasteiger partial charge on any atom is 0.309 e. The van der Waals surface area contributed by atoms with Crippen LogP contribution in [0.5, 0.6) is 0 Å². The number of nitrogens with zero attached hydrogens (tertiary/aromatic N) is 3. The molecule has 2 aromatic carbocycles. The summed E-state index contributed by atoms with van der Waals surface area (Å²) < 4.78 is 19.0. The lowest BCUT2D eigenvalue weighted by Gasteiger charge is -2.36. The summed E-state index contributed by atoms with van der Waals surface area (Å²) in [5.41, 5.74) is 3.11. The van der Waals surface area contributed by atoms with Crippen molar-refractivity contribution in [2.45, 2.75) is 50.5 Å². The van der Waals surface area contributed by atoms with Crippen LogP contribution in [-0.4, -0.2) is 39.2 Å². The maximum atomic E-state index is 13.5. The second kappa shape index (κ2) is 10.1. The Kier molecular flexibility index (Phi) is 6.77. The highest BCUT2D eigenvalue weighted by Crippen LogP contribution is 2.41. The fourth-order valence-electron chi connectivity index (χ4n) is 5.23. The van der Waals surface area contributed by atoms with Crippen LogP contribution in [0.3, 0.4) is 0 Å². The fraction of sp³-hybridized carbons (Fsp3) is 0.393. The SMILES string of the molecule is O=C(O)C1CN(Cc2ccc(-c3noc(C/C=C/C4(c5ccc(F)cc5)CCCCC4)n3)cc2)C1. The van der Waals surface area contributed by atoms with Crippen molar-refractivity contribution in [3.63, 3.8) is 0 Å². The van der Waals surface area contributed by atoms with E-state index in [1.54, 1.807) is 12.1 Å². The van der Waals surface area contributed by atoms with E-state index in [9.17, 15) is 9.18 Å². The summed E-state index contributed by atoms with van der Waals surface area (Å²) in [6.45, 7) is 1.94. The minimum absolute atomic E-state index is 0.0639. The summed E-state index contributed by atoms with van der Waals surface area (Å²) in [4.78, 5) is 17.6. The topological polar surface area (TPSA) is 79.5 Å². The fourth-order valence-corrected chi connectivity index (χ4v) is 5.23. The number of benzene rings is 2. The molecule has 1 aromatic heterocycles. The van der Waals surface area contributed by atoms with E-state index in [0.29, 0.717) is 31.2 Å². The van der Waals surface area contributed by atoms with Crippen molar-refractivity contribution in [2.24, 2.45) is 5.92 Å². The Balaban J connectivity index is 1.21. The zero-order chi connectivity index (χ0) is 24.3. The minimum atomic E-state index is -0.719. The Labute approximate surface area is 204 Å². The lowest BCUT2D eigenvalue weighted by Crippen LogP contribution is -2.49. The van der Waals surface area contributed by atoms with Gasteiger partial charge in [0.15, 0.2) is 0 Å². The van der Waals surface area contributed by atoms with Gasteiger partial charge in [-0.05, 0) is 36.1 Å². The van der Waals surface area contributed by atoms with Gasteiger partial charge in [-0.25, -0.2) is 4.39 Å². The van der Waals surface area contributed by atoms with Crippen molar-refractivity contribution in [3.05, 3.63) is 83.5 Å².